The number of rotatable bonds is 2. The van der Waals surface area contributed by atoms with E-state index in [0.29, 0.717) is 6.04 Å². The van der Waals surface area contributed by atoms with Crippen molar-refractivity contribution < 1.29 is 0 Å². The molecule has 0 aliphatic carbocycles. The second kappa shape index (κ2) is 5.68. The predicted octanol–water partition coefficient (Wildman–Crippen LogP) is 3.43. The first-order valence-corrected chi connectivity index (χ1v) is 8.25. The molecular weight excluding hydrogens is 342 g/mol. The van der Waals surface area contributed by atoms with Gasteiger partial charge in [0.2, 0.25) is 0 Å². The van der Waals surface area contributed by atoms with E-state index in [9.17, 15) is 0 Å². The highest BCUT2D eigenvalue weighted by molar-refractivity contribution is 9.10. The lowest BCUT2D eigenvalue weighted by molar-refractivity contribution is 0.375. The minimum atomic E-state index is 0.404. The molecule has 5 nitrogen and oxygen atoms in total. The lowest BCUT2D eigenvalue weighted by Gasteiger charge is -2.34. The van der Waals surface area contributed by atoms with Crippen LogP contribution in [0.1, 0.15) is 18.9 Å². The van der Waals surface area contributed by atoms with Gasteiger partial charge in [-0.1, -0.05) is 15.9 Å². The van der Waals surface area contributed by atoms with Gasteiger partial charge in [0.1, 0.15) is 12.1 Å². The van der Waals surface area contributed by atoms with Crippen molar-refractivity contribution in [2.75, 3.05) is 18.0 Å². The minimum Gasteiger partial charge on any atom is -0.354 e. The molecule has 0 radical (unpaired) electrons. The van der Waals surface area contributed by atoms with Gasteiger partial charge < -0.3 is 4.90 Å². The minimum absolute atomic E-state index is 0.404. The Labute approximate surface area is 137 Å². The second-order valence-corrected chi connectivity index (χ2v) is 6.50. The first-order valence-electron chi connectivity index (χ1n) is 7.45. The summed E-state index contributed by atoms with van der Waals surface area (Å²) in [5, 5.41) is 5.49. The highest BCUT2D eigenvalue weighted by Crippen LogP contribution is 2.30. The third kappa shape index (κ3) is 2.47. The van der Waals surface area contributed by atoms with Crippen LogP contribution in [0, 0.1) is 0 Å². The van der Waals surface area contributed by atoms with Crippen molar-refractivity contribution in [1.29, 1.82) is 0 Å². The molecule has 1 unspecified atom stereocenters. The molecule has 2 aromatic heterocycles. The van der Waals surface area contributed by atoms with Crippen LogP contribution >= 0.6 is 15.9 Å². The largest absolute Gasteiger partial charge is 0.354 e. The molecule has 1 atom stereocenters. The maximum atomic E-state index is 4.55. The van der Waals surface area contributed by atoms with Gasteiger partial charge in [-0.3, -0.25) is 4.68 Å². The summed E-state index contributed by atoms with van der Waals surface area (Å²) in [5.41, 5.74) is 0.981. The molecule has 1 fully saturated rings. The van der Waals surface area contributed by atoms with Gasteiger partial charge in [0, 0.05) is 35.3 Å². The molecule has 0 saturated carbocycles. The van der Waals surface area contributed by atoms with Gasteiger partial charge in [-0.05, 0) is 37.1 Å². The zero-order valence-electron chi connectivity index (χ0n) is 12.1. The molecule has 3 heterocycles. The topological polar surface area (TPSA) is 46.8 Å². The van der Waals surface area contributed by atoms with E-state index in [1.165, 1.54) is 0 Å². The van der Waals surface area contributed by atoms with Crippen LogP contribution in [0.25, 0.3) is 10.9 Å². The molecule has 1 aromatic carbocycles. The maximum Gasteiger partial charge on any atom is 0.139 e. The van der Waals surface area contributed by atoms with Gasteiger partial charge in [0.25, 0.3) is 0 Å². The number of halogens is 1. The number of nitrogens with zero attached hydrogens (tertiary/aromatic N) is 5. The van der Waals surface area contributed by atoms with E-state index in [2.05, 4.69) is 46.6 Å². The van der Waals surface area contributed by atoms with Gasteiger partial charge in [0.15, 0.2) is 0 Å². The van der Waals surface area contributed by atoms with E-state index in [4.69, 9.17) is 0 Å². The van der Waals surface area contributed by atoms with Crippen LogP contribution in [-0.4, -0.2) is 32.8 Å². The van der Waals surface area contributed by atoms with E-state index in [1.54, 1.807) is 6.33 Å². The summed E-state index contributed by atoms with van der Waals surface area (Å²) < 4.78 is 3.11. The number of fused-ring (bicyclic) bond motifs is 1. The lowest BCUT2D eigenvalue weighted by atomic mass is 10.1. The lowest BCUT2D eigenvalue weighted by Crippen LogP contribution is -2.37. The first kappa shape index (κ1) is 13.7. The second-order valence-electron chi connectivity index (χ2n) is 5.59. The zero-order chi connectivity index (χ0) is 14.9. The highest BCUT2D eigenvalue weighted by atomic mass is 79.9. The highest BCUT2D eigenvalue weighted by Gasteiger charge is 2.23. The summed E-state index contributed by atoms with van der Waals surface area (Å²) in [6.45, 7) is 1.96. The van der Waals surface area contributed by atoms with Crippen molar-refractivity contribution in [3.8, 4) is 0 Å². The SMILES string of the molecule is Brc1ccc2ncnc(N3CCCC(n4cccn4)C3)c2c1. The van der Waals surface area contributed by atoms with Crippen molar-refractivity contribution in [2.24, 2.45) is 0 Å². The van der Waals surface area contributed by atoms with Gasteiger partial charge >= 0.3 is 0 Å². The van der Waals surface area contributed by atoms with Crippen molar-refractivity contribution in [3.63, 3.8) is 0 Å². The third-order valence-corrected chi connectivity index (χ3v) is 4.66. The quantitative estimate of drug-likeness (QED) is 0.704. The van der Waals surface area contributed by atoms with Crippen LogP contribution in [0.3, 0.4) is 0 Å². The van der Waals surface area contributed by atoms with Crippen molar-refractivity contribution in [3.05, 3.63) is 47.5 Å². The summed E-state index contributed by atoms with van der Waals surface area (Å²) in [7, 11) is 0. The Morgan fingerprint density at radius 1 is 1.23 bits per heavy atom. The number of aromatic nitrogens is 4. The van der Waals surface area contributed by atoms with E-state index in [-0.39, 0.29) is 0 Å². The molecule has 1 aliphatic rings. The fraction of sp³-hybridized carbons (Fsp3) is 0.312. The van der Waals surface area contributed by atoms with Crippen LogP contribution < -0.4 is 4.90 Å². The van der Waals surface area contributed by atoms with Crippen molar-refractivity contribution >= 4 is 32.7 Å². The average Bonchev–Trinajstić information content (AvgIpc) is 3.09. The molecule has 0 bridgehead atoms. The van der Waals surface area contributed by atoms with E-state index >= 15 is 0 Å². The monoisotopic (exact) mass is 357 g/mol. The molecule has 112 valence electrons. The van der Waals surface area contributed by atoms with Crippen molar-refractivity contribution in [2.45, 2.75) is 18.9 Å². The molecular formula is C16H16BrN5. The molecule has 1 aliphatic heterocycles. The Balaban J connectivity index is 1.70. The third-order valence-electron chi connectivity index (χ3n) is 4.17. The van der Waals surface area contributed by atoms with Gasteiger partial charge in [-0.25, -0.2) is 9.97 Å². The molecule has 0 spiro atoms. The smallest absolute Gasteiger partial charge is 0.139 e. The van der Waals surface area contributed by atoms with Crippen LogP contribution in [0.4, 0.5) is 5.82 Å². The van der Waals surface area contributed by atoms with Gasteiger partial charge in [-0.2, -0.15) is 5.10 Å². The number of hydrogen-bond donors (Lipinski definition) is 0. The molecule has 4 rings (SSSR count). The zero-order valence-corrected chi connectivity index (χ0v) is 13.6. The Kier molecular flexibility index (Phi) is 3.54. The summed E-state index contributed by atoms with van der Waals surface area (Å²) in [6.07, 6.45) is 7.84. The van der Waals surface area contributed by atoms with Crippen LogP contribution in [0.5, 0.6) is 0 Å². The Morgan fingerprint density at radius 3 is 3.05 bits per heavy atom. The summed E-state index contributed by atoms with van der Waals surface area (Å²) in [5.74, 6) is 1.02. The van der Waals surface area contributed by atoms with Crippen LogP contribution in [0.2, 0.25) is 0 Å². The number of anilines is 1. The predicted molar refractivity (Wildman–Crippen MR) is 89.9 cm³/mol. The molecule has 6 heteroatoms. The van der Waals surface area contributed by atoms with Crippen LogP contribution in [-0.2, 0) is 0 Å². The summed E-state index contributed by atoms with van der Waals surface area (Å²) >= 11 is 3.55. The van der Waals surface area contributed by atoms with E-state index in [1.807, 2.05) is 30.6 Å². The normalized spacial score (nSPS) is 18.8. The molecule has 22 heavy (non-hydrogen) atoms. The van der Waals surface area contributed by atoms with Gasteiger partial charge in [0.05, 0.1) is 11.6 Å². The van der Waals surface area contributed by atoms with Crippen molar-refractivity contribution in [1.82, 2.24) is 19.7 Å². The number of hydrogen-bond acceptors (Lipinski definition) is 4. The molecule has 1 saturated heterocycles. The number of piperidine rings is 1. The average molecular weight is 358 g/mol. The van der Waals surface area contributed by atoms with Gasteiger partial charge in [-0.15, -0.1) is 0 Å². The molecule has 0 amide bonds. The summed E-state index contributed by atoms with van der Waals surface area (Å²) in [4.78, 5) is 11.3. The molecule has 0 N–H and O–H groups in total. The molecule has 3 aromatic rings. The summed E-state index contributed by atoms with van der Waals surface area (Å²) in [6, 6.07) is 8.53. The Bertz CT molecular complexity index is 786. The number of benzene rings is 1. The van der Waals surface area contributed by atoms with E-state index < -0.39 is 0 Å². The Hall–Kier alpha value is -1.95. The fourth-order valence-electron chi connectivity index (χ4n) is 3.13. The van der Waals surface area contributed by atoms with Crippen LogP contribution in [0.15, 0.2) is 47.5 Å². The first-order chi connectivity index (χ1) is 10.8. The fourth-order valence-corrected chi connectivity index (χ4v) is 3.49. The standard InChI is InChI=1S/C16H16BrN5/c17-12-4-5-15-14(9-12)16(19-11-18-15)21-7-1-3-13(10-21)22-8-2-6-20-22/h2,4-6,8-9,11,13H,1,3,7,10H2. The van der Waals surface area contributed by atoms with E-state index in [0.717, 1.165) is 47.1 Å². The maximum absolute atomic E-state index is 4.55. The Morgan fingerprint density at radius 2 is 2.18 bits per heavy atom.